The third-order valence-corrected chi connectivity index (χ3v) is 4.67. The number of carbonyl (C=O) groups excluding carboxylic acids is 2. The lowest BCUT2D eigenvalue weighted by Crippen LogP contribution is -2.59. The quantitative estimate of drug-likeness (QED) is 0.752. The van der Waals surface area contributed by atoms with Gasteiger partial charge >= 0.3 is 0 Å². The first-order valence-corrected chi connectivity index (χ1v) is 7.48. The van der Waals surface area contributed by atoms with Crippen molar-refractivity contribution in [2.24, 2.45) is 0 Å². The van der Waals surface area contributed by atoms with Crippen molar-refractivity contribution in [3.63, 3.8) is 0 Å². The maximum atomic E-state index is 12.3. The average Bonchev–Trinajstić information content (AvgIpc) is 2.80. The first kappa shape index (κ1) is 12.7. The summed E-state index contributed by atoms with van der Waals surface area (Å²) in [7, 11) is 0. The lowest BCUT2D eigenvalue weighted by molar-refractivity contribution is -0.155. The van der Waals surface area contributed by atoms with Gasteiger partial charge < -0.3 is 9.80 Å². The molecule has 0 aromatic carbocycles. The second kappa shape index (κ2) is 5.29. The Morgan fingerprint density at radius 1 is 1.47 bits per heavy atom. The number of carbonyl (C=O) groups is 2. The molecule has 2 aliphatic heterocycles. The van der Waals surface area contributed by atoms with Crippen LogP contribution in [0.3, 0.4) is 0 Å². The number of amides is 2. The highest BCUT2D eigenvalue weighted by Crippen LogP contribution is 2.25. The van der Waals surface area contributed by atoms with Gasteiger partial charge in [-0.05, 0) is 25.5 Å². The molecule has 5 heteroatoms. The van der Waals surface area contributed by atoms with Gasteiger partial charge in [-0.1, -0.05) is 6.92 Å². The Morgan fingerprint density at radius 2 is 2.24 bits per heavy atom. The van der Waals surface area contributed by atoms with Crippen LogP contribution in [-0.4, -0.2) is 58.3 Å². The molecule has 0 bridgehead atoms. The molecule has 2 heterocycles. The molecule has 0 aromatic rings. The number of hydrogen-bond donors (Lipinski definition) is 0. The van der Waals surface area contributed by atoms with E-state index >= 15 is 0 Å². The van der Waals surface area contributed by atoms with E-state index in [0.717, 1.165) is 30.9 Å². The number of thioether (sulfide) groups is 1. The van der Waals surface area contributed by atoms with Gasteiger partial charge in [0.2, 0.25) is 11.8 Å². The molecule has 4 nitrogen and oxygen atoms in total. The minimum Gasteiger partial charge on any atom is -0.329 e. The molecule has 0 radical (unpaired) electrons. The van der Waals surface area contributed by atoms with Crippen LogP contribution in [0.2, 0.25) is 0 Å². The summed E-state index contributed by atoms with van der Waals surface area (Å²) in [6, 6.07) is 0.00414. The van der Waals surface area contributed by atoms with Crippen LogP contribution in [0.15, 0.2) is 0 Å². The Hall–Kier alpha value is -0.710. The lowest BCUT2D eigenvalue weighted by atomic mass is 10.1. The predicted octanol–water partition coefficient (Wildman–Crippen LogP) is 0.961. The van der Waals surface area contributed by atoms with Crippen LogP contribution in [0.1, 0.15) is 26.7 Å². The summed E-state index contributed by atoms with van der Waals surface area (Å²) in [6.07, 6.45) is 1.81. The largest absolute Gasteiger partial charge is 0.329 e. The molecule has 0 N–H and O–H groups in total. The van der Waals surface area contributed by atoms with Crippen molar-refractivity contribution in [3.05, 3.63) is 0 Å². The van der Waals surface area contributed by atoms with Crippen LogP contribution in [0, 0.1) is 0 Å². The third kappa shape index (κ3) is 2.44. The van der Waals surface area contributed by atoms with Crippen molar-refractivity contribution in [1.82, 2.24) is 9.80 Å². The molecule has 2 amide bonds. The zero-order valence-electron chi connectivity index (χ0n) is 10.5. The number of rotatable bonds is 4. The van der Waals surface area contributed by atoms with Crippen LogP contribution in [0.5, 0.6) is 0 Å². The van der Waals surface area contributed by atoms with E-state index in [2.05, 4.69) is 6.92 Å². The first-order chi connectivity index (χ1) is 8.15. The number of hydrogen-bond acceptors (Lipinski definition) is 3. The number of piperazine rings is 1. The van der Waals surface area contributed by atoms with E-state index in [-0.39, 0.29) is 30.4 Å². The van der Waals surface area contributed by atoms with Gasteiger partial charge in [-0.25, -0.2) is 0 Å². The van der Waals surface area contributed by atoms with E-state index in [1.165, 1.54) is 0 Å². The van der Waals surface area contributed by atoms with Crippen molar-refractivity contribution in [1.29, 1.82) is 0 Å². The summed E-state index contributed by atoms with van der Waals surface area (Å²) in [6.45, 7) is 5.19. The van der Waals surface area contributed by atoms with Crippen molar-refractivity contribution >= 4 is 23.6 Å². The van der Waals surface area contributed by atoms with Gasteiger partial charge in [0, 0.05) is 18.3 Å². The van der Waals surface area contributed by atoms with Crippen molar-refractivity contribution in [2.45, 2.75) is 38.8 Å². The fourth-order valence-corrected chi connectivity index (χ4v) is 3.34. The Kier molecular flexibility index (Phi) is 3.97. The highest BCUT2D eigenvalue weighted by atomic mass is 32.2. The van der Waals surface area contributed by atoms with E-state index in [4.69, 9.17) is 0 Å². The molecular formula is C12H20N2O2S. The number of fused-ring (bicyclic) bond motifs is 1. The summed E-state index contributed by atoms with van der Waals surface area (Å²) in [4.78, 5) is 27.8. The lowest BCUT2D eigenvalue weighted by Gasteiger charge is -2.39. The second-order valence-electron chi connectivity index (χ2n) is 4.72. The van der Waals surface area contributed by atoms with Gasteiger partial charge in [0.1, 0.15) is 12.6 Å². The standard InChI is InChI=1S/C12H20N2O2S/c1-3-17-8-9(2)14-7-11(15)13-6-4-5-10(13)12(14)16/h9-10H,3-8H2,1-2H3. The zero-order chi connectivity index (χ0) is 12.4. The Labute approximate surface area is 107 Å². The van der Waals surface area contributed by atoms with Gasteiger partial charge in [-0.15, -0.1) is 0 Å². The minimum absolute atomic E-state index is 0.125. The molecule has 2 saturated heterocycles. The van der Waals surface area contributed by atoms with Gasteiger partial charge in [-0.3, -0.25) is 9.59 Å². The Morgan fingerprint density at radius 3 is 2.94 bits per heavy atom. The molecule has 0 aliphatic carbocycles. The molecule has 2 atom stereocenters. The van der Waals surface area contributed by atoms with Crippen molar-refractivity contribution in [3.8, 4) is 0 Å². The molecule has 2 unspecified atom stereocenters. The van der Waals surface area contributed by atoms with Gasteiger partial charge in [0.25, 0.3) is 0 Å². The Bertz CT molecular complexity index is 322. The topological polar surface area (TPSA) is 40.6 Å². The summed E-state index contributed by atoms with van der Waals surface area (Å²) in [5, 5.41) is 0. The highest BCUT2D eigenvalue weighted by molar-refractivity contribution is 7.99. The summed E-state index contributed by atoms with van der Waals surface area (Å²) >= 11 is 1.82. The number of nitrogens with zero attached hydrogens (tertiary/aromatic N) is 2. The molecule has 2 rings (SSSR count). The molecular weight excluding hydrogens is 236 g/mol. The van der Waals surface area contributed by atoms with Gasteiger partial charge in [0.05, 0.1) is 0 Å². The fraction of sp³-hybridized carbons (Fsp3) is 0.833. The highest BCUT2D eigenvalue weighted by Gasteiger charge is 2.43. The van der Waals surface area contributed by atoms with Crippen molar-refractivity contribution < 1.29 is 9.59 Å². The van der Waals surface area contributed by atoms with E-state index in [0.29, 0.717) is 0 Å². The van der Waals surface area contributed by atoms with Crippen LogP contribution >= 0.6 is 11.8 Å². The molecule has 0 aromatic heterocycles. The molecule has 0 spiro atoms. The van der Waals surface area contributed by atoms with Gasteiger partial charge in [0.15, 0.2) is 0 Å². The van der Waals surface area contributed by atoms with Crippen LogP contribution in [0.4, 0.5) is 0 Å². The second-order valence-corrected chi connectivity index (χ2v) is 6.04. The maximum Gasteiger partial charge on any atom is 0.246 e. The molecule has 17 heavy (non-hydrogen) atoms. The smallest absolute Gasteiger partial charge is 0.246 e. The monoisotopic (exact) mass is 256 g/mol. The Balaban J connectivity index is 2.03. The average molecular weight is 256 g/mol. The molecule has 0 saturated carbocycles. The van der Waals surface area contributed by atoms with Crippen LogP contribution in [0.25, 0.3) is 0 Å². The maximum absolute atomic E-state index is 12.3. The van der Waals surface area contributed by atoms with Crippen LogP contribution in [-0.2, 0) is 9.59 Å². The van der Waals surface area contributed by atoms with Crippen LogP contribution < -0.4 is 0 Å². The SMILES string of the molecule is CCSCC(C)N1CC(=O)N2CCCC2C1=O. The van der Waals surface area contributed by atoms with E-state index in [9.17, 15) is 9.59 Å². The molecule has 2 aliphatic rings. The summed E-state index contributed by atoms with van der Waals surface area (Å²) in [5.41, 5.74) is 0. The normalized spacial score (nSPS) is 26.4. The summed E-state index contributed by atoms with van der Waals surface area (Å²) < 4.78 is 0. The minimum atomic E-state index is -0.162. The molecule has 96 valence electrons. The summed E-state index contributed by atoms with van der Waals surface area (Å²) in [5.74, 6) is 2.25. The van der Waals surface area contributed by atoms with E-state index in [1.807, 2.05) is 18.7 Å². The predicted molar refractivity (Wildman–Crippen MR) is 68.9 cm³/mol. The zero-order valence-corrected chi connectivity index (χ0v) is 11.3. The first-order valence-electron chi connectivity index (χ1n) is 6.32. The van der Waals surface area contributed by atoms with Gasteiger partial charge in [-0.2, -0.15) is 11.8 Å². The molecule has 2 fully saturated rings. The van der Waals surface area contributed by atoms with Crippen molar-refractivity contribution in [2.75, 3.05) is 24.6 Å². The fourth-order valence-electron chi connectivity index (χ4n) is 2.58. The third-order valence-electron chi connectivity index (χ3n) is 3.54. The van der Waals surface area contributed by atoms with E-state index in [1.54, 1.807) is 9.80 Å². The van der Waals surface area contributed by atoms with E-state index < -0.39 is 0 Å².